The van der Waals surface area contributed by atoms with E-state index in [1.54, 1.807) is 0 Å². The maximum absolute atomic E-state index is 12.2. The second kappa shape index (κ2) is 5.30. The van der Waals surface area contributed by atoms with Crippen molar-refractivity contribution in [3.63, 3.8) is 0 Å². The van der Waals surface area contributed by atoms with E-state index in [0.717, 1.165) is 0 Å². The molecule has 1 aromatic rings. The Morgan fingerprint density at radius 2 is 1.89 bits per heavy atom. The summed E-state index contributed by atoms with van der Waals surface area (Å²) >= 11 is 0. The van der Waals surface area contributed by atoms with Gasteiger partial charge in [0.1, 0.15) is 0 Å². The number of carboxylic acids is 1. The summed E-state index contributed by atoms with van der Waals surface area (Å²) in [7, 11) is -3.60. The van der Waals surface area contributed by atoms with Crippen LogP contribution in [0, 0.1) is 6.92 Å². The molecule has 0 fully saturated rings. The third kappa shape index (κ3) is 4.04. The number of aliphatic hydroxyl groups is 1. The topological polar surface area (TPSA) is 91.7 Å². The molecule has 19 heavy (non-hydrogen) atoms. The summed E-state index contributed by atoms with van der Waals surface area (Å²) in [4.78, 5) is 11.0. The van der Waals surface area contributed by atoms with Crippen LogP contribution in [0.2, 0.25) is 0 Å². The van der Waals surface area contributed by atoms with Gasteiger partial charge in [-0.1, -0.05) is 6.07 Å². The number of carbonyl (C=O) groups is 1. The Hall–Kier alpha value is -1.40. The molecule has 6 heteroatoms. The van der Waals surface area contributed by atoms with Crippen molar-refractivity contribution in [3.8, 4) is 0 Å². The summed E-state index contributed by atoms with van der Waals surface area (Å²) in [5.41, 5.74) is -0.874. The predicted octanol–water partition coefficient (Wildman–Crippen LogP) is 1.63. The molecule has 0 heterocycles. The Labute approximate surface area is 112 Å². The first-order valence-electron chi connectivity index (χ1n) is 5.83. The van der Waals surface area contributed by atoms with Crippen molar-refractivity contribution in [2.45, 2.75) is 37.7 Å². The third-order valence-electron chi connectivity index (χ3n) is 2.83. The highest BCUT2D eigenvalue weighted by Gasteiger charge is 2.23. The molecular formula is C13H18O5S. The van der Waals surface area contributed by atoms with E-state index in [1.807, 2.05) is 0 Å². The van der Waals surface area contributed by atoms with E-state index >= 15 is 0 Å². The lowest BCUT2D eigenvalue weighted by Gasteiger charge is -2.17. The first kappa shape index (κ1) is 15.7. The van der Waals surface area contributed by atoms with E-state index in [0.29, 0.717) is 0 Å². The monoisotopic (exact) mass is 286 g/mol. The summed E-state index contributed by atoms with van der Waals surface area (Å²) in [5, 5.41) is 18.6. The van der Waals surface area contributed by atoms with Crippen molar-refractivity contribution < 1.29 is 23.4 Å². The average Bonchev–Trinajstić information content (AvgIpc) is 2.25. The van der Waals surface area contributed by atoms with E-state index < -0.39 is 21.4 Å². The number of benzene rings is 1. The molecule has 1 rings (SSSR count). The Kier molecular flexibility index (Phi) is 4.37. The largest absolute Gasteiger partial charge is 0.478 e. The first-order chi connectivity index (χ1) is 8.54. The summed E-state index contributed by atoms with van der Waals surface area (Å²) in [6.45, 7) is 4.53. The number of hydrogen-bond acceptors (Lipinski definition) is 4. The van der Waals surface area contributed by atoms with E-state index in [1.165, 1.54) is 39.0 Å². The van der Waals surface area contributed by atoms with Gasteiger partial charge in [0.05, 0.1) is 21.8 Å². The van der Waals surface area contributed by atoms with Crippen LogP contribution in [-0.2, 0) is 9.84 Å². The standard InChI is InChI=1S/C13H18O5S/c1-9-10(12(14)15)5-4-6-11(9)19(17,18)8-7-13(2,3)16/h4-6,16H,7-8H2,1-3H3,(H,14,15). The van der Waals surface area contributed by atoms with E-state index in [4.69, 9.17) is 5.11 Å². The quantitative estimate of drug-likeness (QED) is 0.858. The molecule has 106 valence electrons. The predicted molar refractivity (Wildman–Crippen MR) is 71.1 cm³/mol. The summed E-state index contributed by atoms with van der Waals surface area (Å²) in [5.74, 6) is -1.38. The fourth-order valence-electron chi connectivity index (χ4n) is 1.68. The van der Waals surface area contributed by atoms with Crippen molar-refractivity contribution in [2.75, 3.05) is 5.75 Å². The lowest BCUT2D eigenvalue weighted by Crippen LogP contribution is -2.23. The molecule has 0 aliphatic carbocycles. The molecule has 0 aromatic heterocycles. The van der Waals surface area contributed by atoms with E-state index in [-0.39, 0.29) is 28.2 Å². The molecule has 2 N–H and O–H groups in total. The smallest absolute Gasteiger partial charge is 0.335 e. The van der Waals surface area contributed by atoms with Crippen molar-refractivity contribution in [2.24, 2.45) is 0 Å². The van der Waals surface area contributed by atoms with Crippen molar-refractivity contribution in [1.29, 1.82) is 0 Å². The maximum atomic E-state index is 12.2. The second-order valence-electron chi connectivity index (χ2n) is 5.12. The van der Waals surface area contributed by atoms with Gasteiger partial charge in [0, 0.05) is 0 Å². The molecular weight excluding hydrogens is 268 g/mol. The molecule has 5 nitrogen and oxygen atoms in total. The lowest BCUT2D eigenvalue weighted by molar-refractivity contribution is 0.0694. The Bertz CT molecular complexity index is 582. The van der Waals surface area contributed by atoms with Crippen LogP contribution in [0.1, 0.15) is 36.2 Å². The van der Waals surface area contributed by atoms with Gasteiger partial charge in [-0.25, -0.2) is 13.2 Å². The number of aromatic carboxylic acids is 1. The minimum atomic E-state index is -3.60. The van der Waals surface area contributed by atoms with Crippen LogP contribution in [0.15, 0.2) is 23.1 Å². The number of carboxylic acid groups (broad SMARTS) is 1. The minimum Gasteiger partial charge on any atom is -0.478 e. The molecule has 0 amide bonds. The van der Waals surface area contributed by atoms with Crippen LogP contribution in [0.5, 0.6) is 0 Å². The molecule has 1 aromatic carbocycles. The Morgan fingerprint density at radius 3 is 2.37 bits per heavy atom. The van der Waals surface area contributed by atoms with Crippen LogP contribution in [0.3, 0.4) is 0 Å². The average molecular weight is 286 g/mol. The van der Waals surface area contributed by atoms with Gasteiger partial charge >= 0.3 is 5.97 Å². The normalized spacial score (nSPS) is 12.4. The highest BCUT2D eigenvalue weighted by atomic mass is 32.2. The Morgan fingerprint density at radius 1 is 1.32 bits per heavy atom. The van der Waals surface area contributed by atoms with Gasteiger partial charge in [0.25, 0.3) is 0 Å². The molecule has 0 saturated carbocycles. The van der Waals surface area contributed by atoms with E-state index in [9.17, 15) is 18.3 Å². The molecule has 0 aliphatic heterocycles. The fourth-order valence-corrected chi connectivity index (χ4v) is 3.53. The highest BCUT2D eigenvalue weighted by Crippen LogP contribution is 2.22. The van der Waals surface area contributed by atoms with Crippen molar-refractivity contribution >= 4 is 15.8 Å². The molecule has 0 atom stereocenters. The molecule has 0 spiro atoms. The number of sulfone groups is 1. The molecule has 0 unspecified atom stereocenters. The van der Waals surface area contributed by atoms with Crippen LogP contribution in [-0.4, -0.2) is 36.0 Å². The lowest BCUT2D eigenvalue weighted by atomic mass is 10.1. The fraction of sp³-hybridized carbons (Fsp3) is 0.462. The van der Waals surface area contributed by atoms with Gasteiger partial charge in [0.15, 0.2) is 9.84 Å². The van der Waals surface area contributed by atoms with Crippen LogP contribution >= 0.6 is 0 Å². The third-order valence-corrected chi connectivity index (χ3v) is 4.69. The minimum absolute atomic E-state index is 0.0108. The first-order valence-corrected chi connectivity index (χ1v) is 7.48. The second-order valence-corrected chi connectivity index (χ2v) is 7.19. The number of hydrogen-bond donors (Lipinski definition) is 2. The zero-order valence-electron chi connectivity index (χ0n) is 11.2. The zero-order valence-corrected chi connectivity index (χ0v) is 12.0. The summed E-state index contributed by atoms with van der Waals surface area (Å²) in [6.07, 6.45) is 0.0894. The Balaban J connectivity index is 3.16. The van der Waals surface area contributed by atoms with Crippen LogP contribution in [0.4, 0.5) is 0 Å². The molecule has 0 aliphatic rings. The summed E-state index contributed by atoms with van der Waals surface area (Å²) in [6, 6.07) is 4.17. The van der Waals surface area contributed by atoms with Crippen molar-refractivity contribution in [3.05, 3.63) is 29.3 Å². The molecule has 0 saturated heterocycles. The SMILES string of the molecule is Cc1c(C(=O)O)cccc1S(=O)(=O)CCC(C)(C)O. The van der Waals surface area contributed by atoms with E-state index in [2.05, 4.69) is 0 Å². The zero-order chi connectivity index (χ0) is 14.8. The maximum Gasteiger partial charge on any atom is 0.335 e. The van der Waals surface area contributed by atoms with Gasteiger partial charge in [-0.3, -0.25) is 0 Å². The highest BCUT2D eigenvalue weighted by molar-refractivity contribution is 7.91. The van der Waals surface area contributed by atoms with Gasteiger partial charge in [-0.15, -0.1) is 0 Å². The van der Waals surface area contributed by atoms with Crippen LogP contribution < -0.4 is 0 Å². The van der Waals surface area contributed by atoms with Gasteiger partial charge in [-0.2, -0.15) is 0 Å². The summed E-state index contributed by atoms with van der Waals surface area (Å²) < 4.78 is 24.3. The van der Waals surface area contributed by atoms with Gasteiger partial charge in [0.2, 0.25) is 0 Å². The molecule has 0 radical (unpaired) electrons. The van der Waals surface area contributed by atoms with Crippen LogP contribution in [0.25, 0.3) is 0 Å². The van der Waals surface area contributed by atoms with Crippen molar-refractivity contribution in [1.82, 2.24) is 0 Å². The number of rotatable bonds is 5. The molecule has 0 bridgehead atoms. The van der Waals surface area contributed by atoms with Gasteiger partial charge < -0.3 is 10.2 Å². The van der Waals surface area contributed by atoms with Gasteiger partial charge in [-0.05, 0) is 44.9 Å².